The predicted octanol–water partition coefficient (Wildman–Crippen LogP) is 7.01. The van der Waals surface area contributed by atoms with Gasteiger partial charge in [-0.05, 0) is 60.7 Å². The Labute approximate surface area is 185 Å². The molecule has 0 N–H and O–H groups in total. The van der Waals surface area contributed by atoms with E-state index in [0.717, 1.165) is 50.8 Å². The molecular formula is C28H19N3O. The van der Waals surface area contributed by atoms with Crippen molar-refractivity contribution in [2.24, 2.45) is 0 Å². The topological polar surface area (TPSA) is 43.9 Å². The van der Waals surface area contributed by atoms with Gasteiger partial charge in [-0.25, -0.2) is 0 Å². The molecule has 0 amide bonds. The Morgan fingerprint density at radius 3 is 2.22 bits per heavy atom. The zero-order chi connectivity index (χ0) is 21.3. The molecule has 6 rings (SSSR count). The molecule has 0 spiro atoms. The first-order valence-electron chi connectivity index (χ1n) is 10.5. The Morgan fingerprint density at radius 2 is 1.44 bits per heavy atom. The van der Waals surface area contributed by atoms with Gasteiger partial charge in [-0.1, -0.05) is 42.5 Å². The van der Waals surface area contributed by atoms with Gasteiger partial charge in [0, 0.05) is 29.0 Å². The van der Waals surface area contributed by atoms with Crippen LogP contribution in [0.25, 0.3) is 50.8 Å². The standard InChI is InChI=1S/C28H19N3O/c1-2-9-22(10-3-1)31-25(15-16-26(31)23-11-6-7-17-29-23)21-13-14-24(30-19-21)28-18-20-8-4-5-12-27(20)32-28/h1-19H. The third-order valence-corrected chi connectivity index (χ3v) is 5.56. The second-order valence-electron chi connectivity index (χ2n) is 7.57. The van der Waals surface area contributed by atoms with Crippen LogP contribution >= 0.6 is 0 Å². The molecule has 6 aromatic rings. The van der Waals surface area contributed by atoms with Crippen LogP contribution in [-0.2, 0) is 0 Å². The Balaban J connectivity index is 1.45. The third-order valence-electron chi connectivity index (χ3n) is 5.56. The first kappa shape index (κ1) is 18.3. The van der Waals surface area contributed by atoms with Gasteiger partial charge in [0.15, 0.2) is 5.76 Å². The molecule has 0 fully saturated rings. The summed E-state index contributed by atoms with van der Waals surface area (Å²) >= 11 is 0. The van der Waals surface area contributed by atoms with E-state index >= 15 is 0 Å². The molecular weight excluding hydrogens is 394 g/mol. The van der Waals surface area contributed by atoms with E-state index in [2.05, 4.69) is 39.9 Å². The minimum Gasteiger partial charge on any atom is -0.454 e. The van der Waals surface area contributed by atoms with E-state index in [-0.39, 0.29) is 0 Å². The number of rotatable bonds is 4. The van der Waals surface area contributed by atoms with Gasteiger partial charge in [-0.3, -0.25) is 9.97 Å². The van der Waals surface area contributed by atoms with Gasteiger partial charge in [0.1, 0.15) is 11.3 Å². The van der Waals surface area contributed by atoms with Crippen LogP contribution in [0.1, 0.15) is 0 Å². The molecule has 152 valence electrons. The zero-order valence-electron chi connectivity index (χ0n) is 17.2. The summed E-state index contributed by atoms with van der Waals surface area (Å²) in [5, 5.41) is 1.08. The number of furan rings is 1. The van der Waals surface area contributed by atoms with E-state index in [9.17, 15) is 0 Å². The molecule has 2 aromatic carbocycles. The molecule has 4 nitrogen and oxygen atoms in total. The average Bonchev–Trinajstić information content (AvgIpc) is 3.50. The first-order chi connectivity index (χ1) is 15.9. The molecule has 0 aliphatic rings. The summed E-state index contributed by atoms with van der Waals surface area (Å²) < 4.78 is 8.20. The molecule has 4 heterocycles. The van der Waals surface area contributed by atoms with Crippen LogP contribution in [0, 0.1) is 0 Å². The zero-order valence-corrected chi connectivity index (χ0v) is 17.2. The molecule has 0 bridgehead atoms. The average molecular weight is 413 g/mol. The molecule has 0 aliphatic carbocycles. The van der Waals surface area contributed by atoms with Crippen molar-refractivity contribution in [1.29, 1.82) is 0 Å². The van der Waals surface area contributed by atoms with Crippen molar-refractivity contribution in [3.05, 3.63) is 116 Å². The normalized spacial score (nSPS) is 11.1. The molecule has 0 atom stereocenters. The Kier molecular flexibility index (Phi) is 4.40. The minimum atomic E-state index is 0.769. The van der Waals surface area contributed by atoms with Crippen LogP contribution in [0.4, 0.5) is 0 Å². The lowest BCUT2D eigenvalue weighted by Crippen LogP contribution is -2.00. The highest BCUT2D eigenvalue weighted by atomic mass is 16.3. The Morgan fingerprint density at radius 1 is 0.625 bits per heavy atom. The number of pyridine rings is 2. The lowest BCUT2D eigenvalue weighted by Gasteiger charge is -2.14. The van der Waals surface area contributed by atoms with Crippen LogP contribution in [-0.4, -0.2) is 14.5 Å². The summed E-state index contributed by atoms with van der Waals surface area (Å²) in [4.78, 5) is 9.28. The summed E-state index contributed by atoms with van der Waals surface area (Å²) in [6.45, 7) is 0. The van der Waals surface area contributed by atoms with E-state index in [1.54, 1.807) is 0 Å². The predicted molar refractivity (Wildman–Crippen MR) is 127 cm³/mol. The van der Waals surface area contributed by atoms with E-state index in [1.165, 1.54) is 0 Å². The molecule has 4 heteroatoms. The van der Waals surface area contributed by atoms with E-state index in [0.29, 0.717) is 0 Å². The smallest absolute Gasteiger partial charge is 0.153 e. The van der Waals surface area contributed by atoms with Crippen molar-refractivity contribution < 1.29 is 4.42 Å². The van der Waals surface area contributed by atoms with E-state index < -0.39 is 0 Å². The maximum Gasteiger partial charge on any atom is 0.153 e. The number of hydrogen-bond donors (Lipinski definition) is 0. The third kappa shape index (κ3) is 3.19. The molecule has 0 saturated heterocycles. The number of nitrogens with zero attached hydrogens (tertiary/aromatic N) is 3. The monoisotopic (exact) mass is 413 g/mol. The van der Waals surface area contributed by atoms with Crippen LogP contribution in [0.15, 0.2) is 120 Å². The maximum absolute atomic E-state index is 5.98. The number of aromatic nitrogens is 3. The van der Waals surface area contributed by atoms with Gasteiger partial charge in [0.05, 0.1) is 17.1 Å². The van der Waals surface area contributed by atoms with E-state index in [1.807, 2.05) is 85.2 Å². The fourth-order valence-electron chi connectivity index (χ4n) is 4.03. The lowest BCUT2D eigenvalue weighted by molar-refractivity contribution is 0.629. The highest BCUT2D eigenvalue weighted by molar-refractivity contribution is 5.82. The fraction of sp³-hybridized carbons (Fsp3) is 0. The largest absolute Gasteiger partial charge is 0.454 e. The van der Waals surface area contributed by atoms with Gasteiger partial charge in [0.25, 0.3) is 0 Å². The van der Waals surface area contributed by atoms with Crippen molar-refractivity contribution in [3.63, 3.8) is 0 Å². The van der Waals surface area contributed by atoms with Crippen LogP contribution < -0.4 is 0 Å². The van der Waals surface area contributed by atoms with Crippen molar-refractivity contribution >= 4 is 11.0 Å². The molecule has 0 aliphatic heterocycles. The van der Waals surface area contributed by atoms with Crippen molar-refractivity contribution in [2.75, 3.05) is 0 Å². The van der Waals surface area contributed by atoms with Crippen molar-refractivity contribution in [3.8, 4) is 39.8 Å². The van der Waals surface area contributed by atoms with Gasteiger partial charge in [-0.2, -0.15) is 0 Å². The van der Waals surface area contributed by atoms with Gasteiger partial charge < -0.3 is 8.98 Å². The number of para-hydroxylation sites is 2. The highest BCUT2D eigenvalue weighted by Gasteiger charge is 2.15. The number of fused-ring (bicyclic) bond motifs is 1. The van der Waals surface area contributed by atoms with E-state index in [4.69, 9.17) is 9.40 Å². The Hall–Kier alpha value is -4.44. The summed E-state index contributed by atoms with van der Waals surface area (Å²) in [6, 6.07) is 34.7. The molecule has 32 heavy (non-hydrogen) atoms. The van der Waals surface area contributed by atoms with Crippen molar-refractivity contribution in [2.45, 2.75) is 0 Å². The van der Waals surface area contributed by atoms with Crippen molar-refractivity contribution in [1.82, 2.24) is 14.5 Å². The number of benzene rings is 2. The van der Waals surface area contributed by atoms with Gasteiger partial charge >= 0.3 is 0 Å². The second kappa shape index (κ2) is 7.67. The number of hydrogen-bond acceptors (Lipinski definition) is 3. The minimum absolute atomic E-state index is 0.769. The maximum atomic E-state index is 5.98. The van der Waals surface area contributed by atoms with Crippen LogP contribution in [0.3, 0.4) is 0 Å². The van der Waals surface area contributed by atoms with Gasteiger partial charge in [0.2, 0.25) is 0 Å². The van der Waals surface area contributed by atoms with Crippen LogP contribution in [0.2, 0.25) is 0 Å². The summed E-state index contributed by atoms with van der Waals surface area (Å²) in [7, 11) is 0. The summed E-state index contributed by atoms with van der Waals surface area (Å²) in [5.41, 5.74) is 6.80. The molecule has 4 aromatic heterocycles. The fourth-order valence-corrected chi connectivity index (χ4v) is 4.03. The summed E-state index contributed by atoms with van der Waals surface area (Å²) in [5.74, 6) is 0.769. The quantitative estimate of drug-likeness (QED) is 0.312. The lowest BCUT2D eigenvalue weighted by atomic mass is 10.1. The summed E-state index contributed by atoms with van der Waals surface area (Å²) in [6.07, 6.45) is 3.72. The van der Waals surface area contributed by atoms with Gasteiger partial charge in [-0.15, -0.1) is 0 Å². The SMILES string of the molecule is c1ccc(-n2c(-c3ccc(-c4cc5ccccc5o4)nc3)ccc2-c2ccccn2)cc1. The molecule has 0 radical (unpaired) electrons. The second-order valence-corrected chi connectivity index (χ2v) is 7.57. The van der Waals surface area contributed by atoms with Crippen LogP contribution in [0.5, 0.6) is 0 Å². The first-order valence-corrected chi connectivity index (χ1v) is 10.5. The highest BCUT2D eigenvalue weighted by Crippen LogP contribution is 2.33. The molecule has 0 unspecified atom stereocenters. The Bertz CT molecular complexity index is 1460. The molecule has 0 saturated carbocycles.